The minimum absolute atomic E-state index is 0.116. The van der Waals surface area contributed by atoms with E-state index < -0.39 is 29.3 Å². The molecule has 0 fully saturated rings. The maximum atomic E-state index is 14.4. The van der Waals surface area contributed by atoms with Gasteiger partial charge in [-0.2, -0.15) is 0 Å². The van der Waals surface area contributed by atoms with E-state index in [2.05, 4.69) is 5.32 Å². The van der Waals surface area contributed by atoms with Crippen LogP contribution >= 0.6 is 11.6 Å². The van der Waals surface area contributed by atoms with Gasteiger partial charge in [-0.3, -0.25) is 4.79 Å². The number of hydrogen-bond acceptors (Lipinski definition) is 3. The number of carbonyl (C=O) groups excluding carboxylic acids is 1. The number of benzene rings is 3. The molecule has 138 valence electrons. The van der Waals surface area contributed by atoms with Gasteiger partial charge >= 0.3 is 0 Å². The van der Waals surface area contributed by atoms with Gasteiger partial charge in [0.05, 0.1) is 11.6 Å². The Balaban J connectivity index is 2.06. The van der Waals surface area contributed by atoms with Gasteiger partial charge in [0, 0.05) is 16.7 Å². The molecule has 0 aromatic heterocycles. The van der Waals surface area contributed by atoms with Gasteiger partial charge in [0.2, 0.25) is 0 Å². The van der Waals surface area contributed by atoms with E-state index >= 15 is 0 Å². The molecule has 3 N–H and O–H groups in total. The van der Waals surface area contributed by atoms with Gasteiger partial charge in [-0.1, -0.05) is 29.8 Å². The quantitative estimate of drug-likeness (QED) is 0.613. The van der Waals surface area contributed by atoms with Crippen molar-refractivity contribution in [3.63, 3.8) is 0 Å². The number of nitrogens with one attached hydrogen (secondary N) is 1. The first kappa shape index (κ1) is 18.7. The van der Waals surface area contributed by atoms with Crippen molar-refractivity contribution in [2.75, 3.05) is 0 Å². The minimum atomic E-state index is -1.10. The molecule has 3 rings (SSSR count). The molecule has 0 heterocycles. The van der Waals surface area contributed by atoms with Crippen molar-refractivity contribution in [3.8, 4) is 11.5 Å². The molecule has 4 nitrogen and oxygen atoms in total. The van der Waals surface area contributed by atoms with Crippen LogP contribution in [0.2, 0.25) is 5.02 Å². The number of halogens is 3. The standard InChI is InChI=1S/C20H14ClF2NO3/c21-16-4-2-1-3-13(16)19(15-9-11(22)5-8-17(15)23)24-20(27)14-7-6-12(25)10-18(14)26/h1-10,19,25-26H,(H,24,27). The summed E-state index contributed by atoms with van der Waals surface area (Å²) in [4.78, 5) is 12.6. The van der Waals surface area contributed by atoms with E-state index in [1.807, 2.05) is 0 Å². The van der Waals surface area contributed by atoms with Crippen molar-refractivity contribution < 1.29 is 23.8 Å². The van der Waals surface area contributed by atoms with Gasteiger partial charge in [0.1, 0.15) is 23.1 Å². The number of phenols is 2. The summed E-state index contributed by atoms with van der Waals surface area (Å²) in [5.74, 6) is -2.82. The van der Waals surface area contributed by atoms with E-state index in [9.17, 15) is 23.8 Å². The fourth-order valence-corrected chi connectivity index (χ4v) is 2.93. The summed E-state index contributed by atoms with van der Waals surface area (Å²) in [6, 6.07) is 11.7. The van der Waals surface area contributed by atoms with Gasteiger partial charge in [-0.05, 0) is 42.0 Å². The second kappa shape index (κ2) is 7.63. The second-order valence-electron chi connectivity index (χ2n) is 5.80. The monoisotopic (exact) mass is 389 g/mol. The maximum Gasteiger partial charge on any atom is 0.255 e. The molecule has 3 aromatic carbocycles. The van der Waals surface area contributed by atoms with Crippen molar-refractivity contribution in [2.45, 2.75) is 6.04 Å². The largest absolute Gasteiger partial charge is 0.508 e. The van der Waals surface area contributed by atoms with Crippen LogP contribution in [0, 0.1) is 11.6 Å². The molecular weight excluding hydrogens is 376 g/mol. The van der Waals surface area contributed by atoms with Crippen LogP contribution in [0.4, 0.5) is 8.78 Å². The molecule has 0 radical (unpaired) electrons. The zero-order valence-electron chi connectivity index (χ0n) is 13.8. The summed E-state index contributed by atoms with van der Waals surface area (Å²) in [6.45, 7) is 0. The van der Waals surface area contributed by atoms with Crippen LogP contribution in [-0.4, -0.2) is 16.1 Å². The van der Waals surface area contributed by atoms with E-state index in [-0.39, 0.29) is 21.9 Å². The Labute approximate surface area is 158 Å². The van der Waals surface area contributed by atoms with Crippen molar-refractivity contribution in [1.82, 2.24) is 5.32 Å². The molecule has 1 atom stereocenters. The van der Waals surface area contributed by atoms with E-state index in [0.29, 0.717) is 5.56 Å². The Morgan fingerprint density at radius 1 is 0.963 bits per heavy atom. The van der Waals surface area contributed by atoms with Gasteiger partial charge in [-0.15, -0.1) is 0 Å². The molecule has 7 heteroatoms. The normalized spacial score (nSPS) is 11.8. The van der Waals surface area contributed by atoms with Crippen molar-refractivity contribution in [3.05, 3.63) is 94.0 Å². The van der Waals surface area contributed by atoms with Crippen LogP contribution in [0.15, 0.2) is 60.7 Å². The van der Waals surface area contributed by atoms with Crippen LogP contribution in [-0.2, 0) is 0 Å². The lowest BCUT2D eigenvalue weighted by Gasteiger charge is -2.22. The summed E-state index contributed by atoms with van der Waals surface area (Å²) in [7, 11) is 0. The van der Waals surface area contributed by atoms with Crippen molar-refractivity contribution in [2.24, 2.45) is 0 Å². The summed E-state index contributed by atoms with van der Waals surface area (Å²) in [5, 5.41) is 22.1. The summed E-state index contributed by atoms with van der Waals surface area (Å²) in [6.07, 6.45) is 0. The Kier molecular flexibility index (Phi) is 5.28. The first-order valence-corrected chi connectivity index (χ1v) is 8.27. The lowest BCUT2D eigenvalue weighted by Crippen LogP contribution is -2.30. The van der Waals surface area contributed by atoms with Gasteiger partial charge in [-0.25, -0.2) is 8.78 Å². The SMILES string of the molecule is O=C(NC(c1cc(F)ccc1F)c1ccccc1Cl)c1ccc(O)cc1O. The van der Waals surface area contributed by atoms with Crippen LogP contribution in [0.3, 0.4) is 0 Å². The predicted molar refractivity (Wildman–Crippen MR) is 96.9 cm³/mol. The van der Waals surface area contributed by atoms with Crippen LogP contribution in [0.1, 0.15) is 27.5 Å². The van der Waals surface area contributed by atoms with Gasteiger partial charge in [0.15, 0.2) is 0 Å². The number of phenolic OH excluding ortho intramolecular Hbond substituents is 2. The van der Waals surface area contributed by atoms with E-state index in [1.165, 1.54) is 12.1 Å². The first-order valence-electron chi connectivity index (χ1n) is 7.89. The number of rotatable bonds is 4. The third-order valence-electron chi connectivity index (χ3n) is 3.99. The third-order valence-corrected chi connectivity index (χ3v) is 4.33. The van der Waals surface area contributed by atoms with E-state index in [1.54, 1.807) is 24.3 Å². The summed E-state index contributed by atoms with van der Waals surface area (Å²) in [5.41, 5.74) is 0.103. The predicted octanol–water partition coefficient (Wildman–Crippen LogP) is 4.55. The lowest BCUT2D eigenvalue weighted by atomic mass is 9.97. The minimum Gasteiger partial charge on any atom is -0.508 e. The smallest absolute Gasteiger partial charge is 0.255 e. The van der Waals surface area contributed by atoms with Crippen molar-refractivity contribution >= 4 is 17.5 Å². The Morgan fingerprint density at radius 2 is 1.70 bits per heavy atom. The molecule has 1 amide bonds. The fraction of sp³-hybridized carbons (Fsp3) is 0.0500. The maximum absolute atomic E-state index is 14.4. The molecule has 0 spiro atoms. The Hall–Kier alpha value is -3.12. The van der Waals surface area contributed by atoms with Gasteiger partial charge in [0.25, 0.3) is 5.91 Å². The van der Waals surface area contributed by atoms with Crippen LogP contribution in [0.5, 0.6) is 11.5 Å². The molecule has 1 unspecified atom stereocenters. The average Bonchev–Trinajstić information content (AvgIpc) is 2.62. The van der Waals surface area contributed by atoms with E-state index in [0.717, 1.165) is 24.3 Å². The summed E-state index contributed by atoms with van der Waals surface area (Å²) >= 11 is 6.19. The molecule has 27 heavy (non-hydrogen) atoms. The Bertz CT molecular complexity index is 1010. The average molecular weight is 390 g/mol. The third kappa shape index (κ3) is 4.01. The number of carbonyl (C=O) groups is 1. The molecule has 0 aliphatic carbocycles. The Morgan fingerprint density at radius 3 is 2.41 bits per heavy atom. The molecule has 0 aliphatic heterocycles. The topological polar surface area (TPSA) is 69.6 Å². The molecular formula is C20H14ClF2NO3. The molecule has 3 aromatic rings. The van der Waals surface area contributed by atoms with Gasteiger partial charge < -0.3 is 15.5 Å². The lowest BCUT2D eigenvalue weighted by molar-refractivity contribution is 0.0939. The second-order valence-corrected chi connectivity index (χ2v) is 6.20. The molecule has 0 saturated heterocycles. The number of aromatic hydroxyl groups is 2. The highest BCUT2D eigenvalue weighted by Gasteiger charge is 2.24. The zero-order valence-corrected chi connectivity index (χ0v) is 14.5. The summed E-state index contributed by atoms with van der Waals surface area (Å²) < 4.78 is 28.1. The van der Waals surface area contributed by atoms with Crippen LogP contribution < -0.4 is 5.32 Å². The molecule has 0 saturated carbocycles. The van der Waals surface area contributed by atoms with E-state index in [4.69, 9.17) is 11.6 Å². The highest BCUT2D eigenvalue weighted by molar-refractivity contribution is 6.31. The highest BCUT2D eigenvalue weighted by atomic mass is 35.5. The molecule has 0 aliphatic rings. The van der Waals surface area contributed by atoms with Crippen molar-refractivity contribution in [1.29, 1.82) is 0 Å². The first-order chi connectivity index (χ1) is 12.9. The fourth-order valence-electron chi connectivity index (χ4n) is 2.69. The highest BCUT2D eigenvalue weighted by Crippen LogP contribution is 2.31. The number of amides is 1. The molecule has 0 bridgehead atoms. The van der Waals surface area contributed by atoms with Crippen LogP contribution in [0.25, 0.3) is 0 Å². The number of hydrogen-bond donors (Lipinski definition) is 3. The zero-order chi connectivity index (χ0) is 19.6.